The second-order valence-corrected chi connectivity index (χ2v) is 5.05. The Balaban J connectivity index is 2.24. The molecule has 0 unspecified atom stereocenters. The molecule has 1 aromatic carbocycles. The smallest absolute Gasteiger partial charge is 0.261 e. The highest BCUT2D eigenvalue weighted by atomic mass is 32.1. The minimum Gasteiger partial charge on any atom is -0.392 e. The summed E-state index contributed by atoms with van der Waals surface area (Å²) >= 11 is 5.90. The Kier molecular flexibility index (Phi) is 3.35. The minimum absolute atomic E-state index is 0.163. The second-order valence-electron chi connectivity index (χ2n) is 3.44. The summed E-state index contributed by atoms with van der Waals surface area (Å²) in [6.07, 6.45) is 0. The fraction of sp³-hybridized carbons (Fsp3) is 0.0909. The van der Waals surface area contributed by atoms with Crippen LogP contribution in [0, 0.1) is 5.82 Å². The normalized spacial score (nSPS) is 10.4. The molecule has 0 spiro atoms. The lowest BCUT2D eigenvalue weighted by Crippen LogP contribution is -2.31. The van der Waals surface area contributed by atoms with Gasteiger partial charge in [-0.2, -0.15) is 0 Å². The van der Waals surface area contributed by atoms with Crippen LogP contribution in [0.2, 0.25) is 0 Å². The lowest BCUT2D eigenvalue weighted by molar-refractivity contribution is 0.0963. The summed E-state index contributed by atoms with van der Waals surface area (Å²) in [5, 5.41) is 3.43. The van der Waals surface area contributed by atoms with Gasteiger partial charge in [0, 0.05) is 4.70 Å². The molecule has 0 aliphatic carbocycles. The average Bonchev–Trinajstić information content (AvgIpc) is 2.68. The molecule has 2 aromatic rings. The van der Waals surface area contributed by atoms with E-state index in [0.29, 0.717) is 4.88 Å². The van der Waals surface area contributed by atoms with Crippen LogP contribution in [-0.2, 0) is 0 Å². The zero-order valence-electron chi connectivity index (χ0n) is 8.70. The SMILES string of the molecule is NC(=S)CNC(=O)c1cc2ccc(F)cc2s1. The Labute approximate surface area is 106 Å². The molecule has 0 saturated carbocycles. The van der Waals surface area contributed by atoms with Gasteiger partial charge in [0.1, 0.15) is 5.82 Å². The van der Waals surface area contributed by atoms with Crippen LogP contribution in [0.3, 0.4) is 0 Å². The van der Waals surface area contributed by atoms with Crippen LogP contribution in [0.1, 0.15) is 9.67 Å². The molecule has 1 aromatic heterocycles. The molecule has 3 N–H and O–H groups in total. The summed E-state index contributed by atoms with van der Waals surface area (Å²) < 4.78 is 13.7. The number of amides is 1. The van der Waals surface area contributed by atoms with Crippen LogP contribution in [0.25, 0.3) is 10.1 Å². The number of carbonyl (C=O) groups excluding carboxylic acids is 1. The molecule has 2 rings (SSSR count). The first kappa shape index (κ1) is 11.9. The Morgan fingerprint density at radius 2 is 2.24 bits per heavy atom. The van der Waals surface area contributed by atoms with Crippen molar-refractivity contribution in [3.63, 3.8) is 0 Å². The molecule has 3 nitrogen and oxygen atoms in total. The highest BCUT2D eigenvalue weighted by molar-refractivity contribution is 7.80. The molecule has 0 aliphatic heterocycles. The van der Waals surface area contributed by atoms with Crippen molar-refractivity contribution in [2.24, 2.45) is 5.73 Å². The lowest BCUT2D eigenvalue weighted by atomic mass is 10.2. The maximum absolute atomic E-state index is 13.0. The number of nitrogens with two attached hydrogens (primary N) is 1. The number of fused-ring (bicyclic) bond motifs is 1. The maximum Gasteiger partial charge on any atom is 0.261 e. The van der Waals surface area contributed by atoms with Crippen molar-refractivity contribution in [2.45, 2.75) is 0 Å². The standard InChI is InChI=1S/C11H9FN2OS2/c12-7-2-1-6-3-9(17-8(6)4-7)11(15)14-5-10(13)16/h1-4H,5H2,(H2,13,16)(H,14,15). The van der Waals surface area contributed by atoms with Gasteiger partial charge in [-0.25, -0.2) is 4.39 Å². The lowest BCUT2D eigenvalue weighted by Gasteiger charge is -2.00. The van der Waals surface area contributed by atoms with Crippen molar-refractivity contribution in [3.8, 4) is 0 Å². The van der Waals surface area contributed by atoms with Crippen molar-refractivity contribution in [3.05, 3.63) is 35.0 Å². The Bertz CT molecular complexity index is 594. The molecular weight excluding hydrogens is 259 g/mol. The first-order chi connectivity index (χ1) is 8.06. The van der Waals surface area contributed by atoms with Gasteiger partial charge >= 0.3 is 0 Å². The first-order valence-corrected chi connectivity index (χ1v) is 6.04. The number of thiocarbonyl (C=S) groups is 1. The maximum atomic E-state index is 13.0. The van der Waals surface area contributed by atoms with E-state index in [9.17, 15) is 9.18 Å². The largest absolute Gasteiger partial charge is 0.392 e. The molecule has 0 bridgehead atoms. The minimum atomic E-state index is -0.311. The van der Waals surface area contributed by atoms with Gasteiger partial charge < -0.3 is 11.1 Å². The summed E-state index contributed by atoms with van der Waals surface area (Å²) in [5.74, 6) is -0.561. The van der Waals surface area contributed by atoms with Gasteiger partial charge in [0.25, 0.3) is 5.91 Å². The zero-order chi connectivity index (χ0) is 12.4. The molecule has 0 saturated heterocycles. The second kappa shape index (κ2) is 4.77. The fourth-order valence-corrected chi connectivity index (χ4v) is 2.45. The summed E-state index contributed by atoms with van der Waals surface area (Å²) in [5.41, 5.74) is 5.28. The number of benzene rings is 1. The van der Waals surface area contributed by atoms with E-state index in [-0.39, 0.29) is 23.3 Å². The van der Waals surface area contributed by atoms with Gasteiger partial charge in [0.05, 0.1) is 16.4 Å². The van der Waals surface area contributed by atoms with E-state index in [2.05, 4.69) is 17.5 Å². The van der Waals surface area contributed by atoms with Crippen molar-refractivity contribution in [1.82, 2.24) is 5.32 Å². The Hall–Kier alpha value is -1.53. The van der Waals surface area contributed by atoms with Crippen LogP contribution in [0.5, 0.6) is 0 Å². The van der Waals surface area contributed by atoms with Crippen LogP contribution in [-0.4, -0.2) is 17.4 Å². The predicted octanol–water partition coefficient (Wildman–Crippen LogP) is 2.06. The summed E-state index contributed by atoms with van der Waals surface area (Å²) in [7, 11) is 0. The monoisotopic (exact) mass is 268 g/mol. The third-order valence-corrected chi connectivity index (χ3v) is 3.37. The number of nitrogens with one attached hydrogen (secondary N) is 1. The van der Waals surface area contributed by atoms with Gasteiger partial charge in [-0.1, -0.05) is 18.3 Å². The summed E-state index contributed by atoms with van der Waals surface area (Å²) in [4.78, 5) is 12.4. The molecule has 0 aliphatic rings. The van der Waals surface area contributed by atoms with Gasteiger partial charge in [-0.05, 0) is 23.6 Å². The van der Waals surface area contributed by atoms with Crippen molar-refractivity contribution < 1.29 is 9.18 Å². The van der Waals surface area contributed by atoms with Crippen LogP contribution in [0.15, 0.2) is 24.3 Å². The summed E-state index contributed by atoms with van der Waals surface area (Å²) in [6, 6.07) is 6.13. The number of rotatable bonds is 3. The van der Waals surface area contributed by atoms with E-state index >= 15 is 0 Å². The van der Waals surface area contributed by atoms with E-state index in [1.165, 1.54) is 23.5 Å². The third-order valence-electron chi connectivity index (χ3n) is 2.13. The average molecular weight is 268 g/mol. The van der Waals surface area contributed by atoms with E-state index in [1.54, 1.807) is 12.1 Å². The van der Waals surface area contributed by atoms with E-state index in [0.717, 1.165) is 10.1 Å². The van der Waals surface area contributed by atoms with E-state index in [4.69, 9.17) is 5.73 Å². The van der Waals surface area contributed by atoms with Gasteiger partial charge in [-0.3, -0.25) is 4.79 Å². The quantitative estimate of drug-likeness (QED) is 0.838. The molecule has 1 heterocycles. The molecular formula is C11H9FN2OS2. The number of hydrogen-bond donors (Lipinski definition) is 2. The molecule has 0 radical (unpaired) electrons. The van der Waals surface area contributed by atoms with E-state index in [1.807, 2.05) is 0 Å². The van der Waals surface area contributed by atoms with Gasteiger partial charge in [0.2, 0.25) is 0 Å². The first-order valence-electron chi connectivity index (χ1n) is 4.82. The Morgan fingerprint density at radius 3 is 2.94 bits per heavy atom. The zero-order valence-corrected chi connectivity index (χ0v) is 10.3. The van der Waals surface area contributed by atoms with Crippen LogP contribution >= 0.6 is 23.6 Å². The fourth-order valence-electron chi connectivity index (χ4n) is 1.37. The molecule has 0 atom stereocenters. The molecule has 6 heteroatoms. The number of thiophene rings is 1. The van der Waals surface area contributed by atoms with Gasteiger partial charge in [-0.15, -0.1) is 11.3 Å². The van der Waals surface area contributed by atoms with Crippen molar-refractivity contribution >= 4 is 44.5 Å². The number of halogens is 1. The predicted molar refractivity (Wildman–Crippen MR) is 70.9 cm³/mol. The number of hydrogen-bond acceptors (Lipinski definition) is 3. The topological polar surface area (TPSA) is 55.1 Å². The molecule has 17 heavy (non-hydrogen) atoms. The third kappa shape index (κ3) is 2.78. The highest BCUT2D eigenvalue weighted by Crippen LogP contribution is 2.26. The van der Waals surface area contributed by atoms with Crippen molar-refractivity contribution in [2.75, 3.05) is 6.54 Å². The summed E-state index contributed by atoms with van der Waals surface area (Å²) in [6.45, 7) is 0.163. The highest BCUT2D eigenvalue weighted by Gasteiger charge is 2.10. The van der Waals surface area contributed by atoms with E-state index < -0.39 is 0 Å². The van der Waals surface area contributed by atoms with Crippen LogP contribution < -0.4 is 11.1 Å². The Morgan fingerprint density at radius 1 is 1.47 bits per heavy atom. The number of carbonyl (C=O) groups is 1. The molecule has 0 fully saturated rings. The molecule has 1 amide bonds. The van der Waals surface area contributed by atoms with Crippen LogP contribution in [0.4, 0.5) is 4.39 Å². The van der Waals surface area contributed by atoms with Crippen molar-refractivity contribution in [1.29, 1.82) is 0 Å². The van der Waals surface area contributed by atoms with Gasteiger partial charge in [0.15, 0.2) is 0 Å². The molecule has 88 valence electrons.